The molecule has 10 heteroatoms. The summed E-state index contributed by atoms with van der Waals surface area (Å²) >= 11 is 18.3. The van der Waals surface area contributed by atoms with E-state index in [0.29, 0.717) is 17.8 Å². The molecule has 2 aromatic carbocycles. The minimum atomic E-state index is -0.926. The lowest BCUT2D eigenvalue weighted by Crippen LogP contribution is -2.26. The van der Waals surface area contributed by atoms with Gasteiger partial charge in [0.25, 0.3) is 0 Å². The molecule has 0 saturated carbocycles. The maximum atomic E-state index is 15.2. The van der Waals surface area contributed by atoms with Crippen LogP contribution in [0, 0.1) is 12.7 Å². The standard InChI is InChI=1S/C26H21Cl3FNO5/c1-5-9-36-25(33)15-11-16(20(30)12-18(15)28)21-13(3)31(6-2)23(22(24(21)32)26(34)35-4)14-7-8-17(27)19(29)10-14/h5,7-8,10-12H,1,6,9H2,2-4H3. The Morgan fingerprint density at radius 3 is 2.36 bits per heavy atom. The van der Waals surface area contributed by atoms with E-state index in [4.69, 9.17) is 44.3 Å². The highest BCUT2D eigenvalue weighted by atomic mass is 35.5. The van der Waals surface area contributed by atoms with Crippen LogP contribution in [0.4, 0.5) is 4.39 Å². The maximum absolute atomic E-state index is 15.2. The van der Waals surface area contributed by atoms with E-state index in [1.54, 1.807) is 24.5 Å². The highest BCUT2D eigenvalue weighted by Gasteiger charge is 2.29. The third kappa shape index (κ3) is 5.05. The van der Waals surface area contributed by atoms with Crippen LogP contribution in [0.2, 0.25) is 15.1 Å². The molecule has 0 amide bonds. The average Bonchev–Trinajstić information content (AvgIpc) is 2.84. The van der Waals surface area contributed by atoms with Crippen LogP contribution < -0.4 is 5.43 Å². The summed E-state index contributed by atoms with van der Waals surface area (Å²) in [4.78, 5) is 39.2. The Balaban J connectivity index is 2.43. The molecule has 6 nitrogen and oxygen atoms in total. The molecular formula is C26H21Cl3FNO5. The van der Waals surface area contributed by atoms with Gasteiger partial charge in [0.05, 0.1) is 39.0 Å². The maximum Gasteiger partial charge on any atom is 0.344 e. The molecule has 0 spiro atoms. The number of ether oxygens (including phenoxy) is 2. The molecule has 1 heterocycles. The molecule has 36 heavy (non-hydrogen) atoms. The first-order valence-corrected chi connectivity index (χ1v) is 11.8. The predicted octanol–water partition coefficient (Wildman–Crippen LogP) is 6.74. The summed E-state index contributed by atoms with van der Waals surface area (Å²) in [5.74, 6) is -2.61. The van der Waals surface area contributed by atoms with Gasteiger partial charge in [0.2, 0.25) is 5.43 Å². The Labute approximate surface area is 221 Å². The Hall–Kier alpha value is -3.13. The van der Waals surface area contributed by atoms with Crippen LogP contribution in [-0.4, -0.2) is 30.2 Å². The van der Waals surface area contributed by atoms with E-state index < -0.39 is 23.2 Å². The number of esters is 2. The molecule has 0 unspecified atom stereocenters. The first kappa shape index (κ1) is 27.5. The summed E-state index contributed by atoms with van der Waals surface area (Å²) in [5.41, 5.74) is -0.626. The summed E-state index contributed by atoms with van der Waals surface area (Å²) in [6.45, 7) is 7.07. The Morgan fingerprint density at radius 2 is 1.78 bits per heavy atom. The second kappa shape index (κ2) is 11.3. The van der Waals surface area contributed by atoms with Crippen LogP contribution in [-0.2, 0) is 16.0 Å². The lowest BCUT2D eigenvalue weighted by Gasteiger charge is -2.22. The zero-order valence-corrected chi connectivity index (χ0v) is 21.9. The number of pyridine rings is 1. The van der Waals surface area contributed by atoms with Crippen LogP contribution in [0.15, 0.2) is 47.8 Å². The predicted molar refractivity (Wildman–Crippen MR) is 139 cm³/mol. The molecule has 188 valence electrons. The van der Waals surface area contributed by atoms with Crippen molar-refractivity contribution in [3.63, 3.8) is 0 Å². The fraction of sp³-hybridized carbons (Fsp3) is 0.192. The lowest BCUT2D eigenvalue weighted by molar-refractivity contribution is 0.0548. The Kier molecular flexibility index (Phi) is 8.61. The monoisotopic (exact) mass is 551 g/mol. The average molecular weight is 553 g/mol. The van der Waals surface area contributed by atoms with Crippen LogP contribution in [0.3, 0.4) is 0 Å². The van der Waals surface area contributed by atoms with Gasteiger partial charge in [-0.15, -0.1) is 0 Å². The van der Waals surface area contributed by atoms with Gasteiger partial charge in [-0.2, -0.15) is 0 Å². The van der Waals surface area contributed by atoms with Gasteiger partial charge in [0, 0.05) is 23.4 Å². The first-order chi connectivity index (χ1) is 17.1. The van der Waals surface area contributed by atoms with Gasteiger partial charge in [0.1, 0.15) is 18.0 Å². The van der Waals surface area contributed by atoms with Crippen LogP contribution >= 0.6 is 34.8 Å². The SMILES string of the molecule is C=CCOC(=O)c1cc(-c2c(C)n(CC)c(-c3ccc(Cl)c(Cl)c3)c(C(=O)OC)c2=O)c(F)cc1Cl. The van der Waals surface area contributed by atoms with Crippen molar-refractivity contribution in [2.75, 3.05) is 13.7 Å². The minimum Gasteiger partial charge on any atom is -0.465 e. The second-order valence-electron chi connectivity index (χ2n) is 7.58. The van der Waals surface area contributed by atoms with Crippen molar-refractivity contribution in [3.05, 3.63) is 90.9 Å². The normalized spacial score (nSPS) is 10.8. The fourth-order valence-electron chi connectivity index (χ4n) is 3.89. The molecule has 0 radical (unpaired) electrons. The summed E-state index contributed by atoms with van der Waals surface area (Å²) < 4.78 is 26.8. The van der Waals surface area contributed by atoms with Crippen molar-refractivity contribution in [1.29, 1.82) is 0 Å². The van der Waals surface area contributed by atoms with Crippen LogP contribution in [0.5, 0.6) is 0 Å². The quantitative estimate of drug-likeness (QED) is 0.240. The van der Waals surface area contributed by atoms with Crippen LogP contribution in [0.1, 0.15) is 33.3 Å². The summed E-state index contributed by atoms with van der Waals surface area (Å²) in [5, 5.41) is 0.311. The lowest BCUT2D eigenvalue weighted by atomic mass is 9.94. The molecular weight excluding hydrogens is 532 g/mol. The van der Waals surface area contributed by atoms with E-state index in [9.17, 15) is 14.4 Å². The Bertz CT molecular complexity index is 1450. The van der Waals surface area contributed by atoms with Crippen molar-refractivity contribution in [2.45, 2.75) is 20.4 Å². The number of methoxy groups -OCH3 is 1. The summed E-state index contributed by atoms with van der Waals surface area (Å²) in [6.07, 6.45) is 1.37. The third-order valence-electron chi connectivity index (χ3n) is 5.50. The molecule has 3 rings (SSSR count). The van der Waals surface area contributed by atoms with E-state index in [2.05, 4.69) is 6.58 Å². The number of rotatable bonds is 7. The number of carbonyl (C=O) groups excluding carboxylic acids is 2. The summed E-state index contributed by atoms with van der Waals surface area (Å²) in [7, 11) is 1.13. The fourth-order valence-corrected chi connectivity index (χ4v) is 4.42. The van der Waals surface area contributed by atoms with E-state index in [0.717, 1.165) is 19.2 Å². The molecule has 0 aliphatic rings. The van der Waals surface area contributed by atoms with Crippen molar-refractivity contribution >= 4 is 46.7 Å². The van der Waals surface area contributed by atoms with Crippen molar-refractivity contribution in [1.82, 2.24) is 4.57 Å². The first-order valence-electron chi connectivity index (χ1n) is 10.7. The molecule has 0 aliphatic carbocycles. The van der Waals surface area contributed by atoms with Gasteiger partial charge in [-0.25, -0.2) is 14.0 Å². The zero-order valence-electron chi connectivity index (χ0n) is 19.6. The molecule has 3 aromatic rings. The van der Waals surface area contributed by atoms with Crippen molar-refractivity contribution < 1.29 is 23.5 Å². The number of halogens is 4. The molecule has 0 fully saturated rings. The number of carbonyl (C=O) groups is 2. The smallest absolute Gasteiger partial charge is 0.344 e. The number of hydrogen-bond donors (Lipinski definition) is 0. The second-order valence-corrected chi connectivity index (χ2v) is 8.80. The minimum absolute atomic E-state index is 0.0889. The van der Waals surface area contributed by atoms with Gasteiger partial charge in [0.15, 0.2) is 0 Å². The molecule has 0 N–H and O–H groups in total. The van der Waals surface area contributed by atoms with Crippen molar-refractivity contribution in [3.8, 4) is 22.4 Å². The van der Waals surface area contributed by atoms with E-state index >= 15 is 4.39 Å². The zero-order chi connectivity index (χ0) is 26.7. The van der Waals surface area contributed by atoms with Gasteiger partial charge < -0.3 is 14.0 Å². The largest absolute Gasteiger partial charge is 0.465 e. The number of benzene rings is 2. The van der Waals surface area contributed by atoms with Gasteiger partial charge in [-0.3, -0.25) is 4.79 Å². The van der Waals surface area contributed by atoms with Gasteiger partial charge in [-0.1, -0.05) is 53.5 Å². The van der Waals surface area contributed by atoms with Crippen LogP contribution in [0.25, 0.3) is 22.4 Å². The topological polar surface area (TPSA) is 74.6 Å². The number of hydrogen-bond acceptors (Lipinski definition) is 5. The van der Waals surface area contributed by atoms with E-state index in [1.807, 2.05) is 0 Å². The molecule has 1 aromatic heterocycles. The third-order valence-corrected chi connectivity index (χ3v) is 6.56. The van der Waals surface area contributed by atoms with E-state index in [1.165, 1.54) is 18.2 Å². The molecule has 0 aliphatic heterocycles. The van der Waals surface area contributed by atoms with Gasteiger partial charge in [-0.05, 0) is 38.1 Å². The highest BCUT2D eigenvalue weighted by Crippen LogP contribution is 2.35. The highest BCUT2D eigenvalue weighted by molar-refractivity contribution is 6.42. The van der Waals surface area contributed by atoms with E-state index in [-0.39, 0.29) is 49.6 Å². The number of aromatic nitrogens is 1. The molecule has 0 atom stereocenters. The molecule has 0 bridgehead atoms. The summed E-state index contributed by atoms with van der Waals surface area (Å²) in [6, 6.07) is 6.71. The van der Waals surface area contributed by atoms with Crippen molar-refractivity contribution in [2.24, 2.45) is 0 Å². The molecule has 0 saturated heterocycles. The van der Waals surface area contributed by atoms with Gasteiger partial charge >= 0.3 is 11.9 Å². The number of nitrogens with zero attached hydrogens (tertiary/aromatic N) is 1. The Morgan fingerprint density at radius 1 is 1.08 bits per heavy atom.